The molecule has 3 nitrogen and oxygen atoms in total. The predicted octanol–water partition coefficient (Wildman–Crippen LogP) is 1.85. The lowest BCUT2D eigenvalue weighted by Crippen LogP contribution is -2.08. The SMILES string of the molecule is CCCCSc1nsc(=N)n1C. The smallest absolute Gasteiger partial charge is 0.201 e. The molecular formula is C7H13N3S2. The zero-order valence-electron chi connectivity index (χ0n) is 7.33. The molecule has 12 heavy (non-hydrogen) atoms. The molecule has 1 heterocycles. The molecule has 0 atom stereocenters. The Balaban J connectivity index is 2.52. The van der Waals surface area contributed by atoms with E-state index in [1.807, 2.05) is 11.6 Å². The highest BCUT2D eigenvalue weighted by molar-refractivity contribution is 7.99. The van der Waals surface area contributed by atoms with Crippen LogP contribution in [0.1, 0.15) is 19.8 Å². The third-order valence-corrected chi connectivity index (χ3v) is 3.47. The summed E-state index contributed by atoms with van der Waals surface area (Å²) in [7, 11) is 1.89. The molecule has 0 bridgehead atoms. The second-order valence-corrected chi connectivity index (χ2v) is 4.35. The van der Waals surface area contributed by atoms with Crippen molar-refractivity contribution in [1.29, 1.82) is 5.41 Å². The first-order valence-corrected chi connectivity index (χ1v) is 5.71. The van der Waals surface area contributed by atoms with E-state index in [4.69, 9.17) is 5.41 Å². The second kappa shape index (κ2) is 4.67. The average Bonchev–Trinajstić information content (AvgIpc) is 2.36. The van der Waals surface area contributed by atoms with E-state index in [2.05, 4.69) is 11.3 Å². The van der Waals surface area contributed by atoms with Crippen LogP contribution in [0, 0.1) is 5.41 Å². The van der Waals surface area contributed by atoms with Gasteiger partial charge in [-0.15, -0.1) is 0 Å². The molecule has 0 aliphatic rings. The maximum absolute atomic E-state index is 7.43. The van der Waals surface area contributed by atoms with Crippen LogP contribution in [0.2, 0.25) is 0 Å². The summed E-state index contributed by atoms with van der Waals surface area (Å²) in [5.74, 6) is 1.10. The number of hydrogen-bond acceptors (Lipinski definition) is 4. The molecule has 0 aliphatic heterocycles. The van der Waals surface area contributed by atoms with E-state index in [1.54, 1.807) is 11.8 Å². The van der Waals surface area contributed by atoms with Crippen LogP contribution in [-0.2, 0) is 7.05 Å². The first kappa shape index (κ1) is 9.80. The zero-order valence-corrected chi connectivity index (χ0v) is 8.97. The highest BCUT2D eigenvalue weighted by Crippen LogP contribution is 2.15. The highest BCUT2D eigenvalue weighted by atomic mass is 32.2. The fourth-order valence-corrected chi connectivity index (χ4v) is 2.50. The van der Waals surface area contributed by atoms with Gasteiger partial charge in [0.1, 0.15) is 0 Å². The molecule has 1 N–H and O–H groups in total. The number of unbranched alkanes of at least 4 members (excludes halogenated alkanes) is 1. The van der Waals surface area contributed by atoms with E-state index < -0.39 is 0 Å². The monoisotopic (exact) mass is 203 g/mol. The Bertz CT molecular complexity index is 289. The summed E-state index contributed by atoms with van der Waals surface area (Å²) in [4.78, 5) is 0.522. The predicted molar refractivity (Wildman–Crippen MR) is 52.6 cm³/mol. The van der Waals surface area contributed by atoms with Gasteiger partial charge in [-0.3, -0.25) is 9.98 Å². The van der Waals surface area contributed by atoms with Crippen molar-refractivity contribution in [1.82, 2.24) is 8.94 Å². The van der Waals surface area contributed by atoms with Gasteiger partial charge in [-0.25, -0.2) is 0 Å². The minimum Gasteiger partial charge on any atom is -0.298 e. The molecule has 5 heteroatoms. The Morgan fingerprint density at radius 2 is 2.42 bits per heavy atom. The van der Waals surface area contributed by atoms with E-state index in [1.165, 1.54) is 24.4 Å². The van der Waals surface area contributed by atoms with Gasteiger partial charge in [-0.2, -0.15) is 4.37 Å². The molecule has 0 radical (unpaired) electrons. The van der Waals surface area contributed by atoms with Crippen molar-refractivity contribution in [2.24, 2.45) is 7.05 Å². The van der Waals surface area contributed by atoms with Gasteiger partial charge in [0.05, 0.1) is 0 Å². The van der Waals surface area contributed by atoms with Gasteiger partial charge in [0.2, 0.25) is 4.80 Å². The summed E-state index contributed by atoms with van der Waals surface area (Å²) in [5, 5.41) is 8.40. The van der Waals surface area contributed by atoms with Crippen LogP contribution in [0.4, 0.5) is 0 Å². The number of hydrogen-bond donors (Lipinski definition) is 1. The molecule has 1 aromatic rings. The molecule has 0 amide bonds. The van der Waals surface area contributed by atoms with E-state index in [-0.39, 0.29) is 0 Å². The molecule has 0 aromatic carbocycles. The molecule has 1 aromatic heterocycles. The number of nitrogens with one attached hydrogen (secondary N) is 1. The van der Waals surface area contributed by atoms with Crippen LogP contribution in [0.3, 0.4) is 0 Å². The lowest BCUT2D eigenvalue weighted by atomic mass is 10.4. The standard InChI is InChI=1S/C7H13N3S2/c1-3-4-5-11-7-9-12-6(8)10(7)2/h8H,3-5H2,1-2H3. The first-order valence-electron chi connectivity index (χ1n) is 3.95. The van der Waals surface area contributed by atoms with Crippen LogP contribution in [0.25, 0.3) is 0 Å². The fraction of sp³-hybridized carbons (Fsp3) is 0.714. The Kier molecular flexibility index (Phi) is 3.81. The van der Waals surface area contributed by atoms with Gasteiger partial charge in [-0.05, 0) is 6.42 Å². The Hall–Kier alpha value is -0.290. The summed E-state index contributed by atoms with van der Waals surface area (Å²) in [5.41, 5.74) is 0. The highest BCUT2D eigenvalue weighted by Gasteiger charge is 2.01. The van der Waals surface area contributed by atoms with Crippen LogP contribution in [0.15, 0.2) is 5.16 Å². The summed E-state index contributed by atoms with van der Waals surface area (Å²) in [6, 6.07) is 0. The van der Waals surface area contributed by atoms with Crippen molar-refractivity contribution in [3.8, 4) is 0 Å². The molecule has 0 spiro atoms. The average molecular weight is 203 g/mol. The number of rotatable bonds is 4. The maximum atomic E-state index is 7.43. The summed E-state index contributed by atoms with van der Waals surface area (Å²) in [6.45, 7) is 2.18. The van der Waals surface area contributed by atoms with Crippen LogP contribution < -0.4 is 4.80 Å². The molecule has 0 fully saturated rings. The van der Waals surface area contributed by atoms with Gasteiger partial charge in [0.15, 0.2) is 5.16 Å². The van der Waals surface area contributed by atoms with Crippen LogP contribution in [-0.4, -0.2) is 14.7 Å². The topological polar surface area (TPSA) is 41.7 Å². The van der Waals surface area contributed by atoms with Gasteiger partial charge < -0.3 is 0 Å². The summed E-state index contributed by atoms with van der Waals surface area (Å²) >= 11 is 2.98. The largest absolute Gasteiger partial charge is 0.298 e. The minimum absolute atomic E-state index is 0.522. The zero-order chi connectivity index (χ0) is 8.97. The van der Waals surface area contributed by atoms with Crippen molar-refractivity contribution in [2.75, 3.05) is 5.75 Å². The van der Waals surface area contributed by atoms with E-state index >= 15 is 0 Å². The van der Waals surface area contributed by atoms with Gasteiger partial charge in [0, 0.05) is 24.3 Å². The van der Waals surface area contributed by atoms with Crippen molar-refractivity contribution >= 4 is 23.3 Å². The normalized spacial score (nSPS) is 10.5. The Morgan fingerprint density at radius 1 is 1.67 bits per heavy atom. The number of nitrogens with zero attached hydrogens (tertiary/aromatic N) is 2. The van der Waals surface area contributed by atoms with Gasteiger partial charge in [0.25, 0.3) is 0 Å². The lowest BCUT2D eigenvalue weighted by Gasteiger charge is -1.97. The number of thioether (sulfide) groups is 1. The Morgan fingerprint density at radius 3 is 2.92 bits per heavy atom. The molecule has 68 valence electrons. The van der Waals surface area contributed by atoms with Crippen LogP contribution in [0.5, 0.6) is 0 Å². The number of aromatic nitrogens is 2. The molecule has 0 unspecified atom stereocenters. The van der Waals surface area contributed by atoms with E-state index in [9.17, 15) is 0 Å². The van der Waals surface area contributed by atoms with Crippen molar-refractivity contribution < 1.29 is 0 Å². The second-order valence-electron chi connectivity index (χ2n) is 2.53. The van der Waals surface area contributed by atoms with Crippen molar-refractivity contribution in [3.63, 3.8) is 0 Å². The third kappa shape index (κ3) is 2.35. The van der Waals surface area contributed by atoms with Crippen LogP contribution >= 0.6 is 23.3 Å². The minimum atomic E-state index is 0.522. The first-order chi connectivity index (χ1) is 5.75. The fourth-order valence-electron chi connectivity index (χ4n) is 0.723. The third-order valence-electron chi connectivity index (χ3n) is 1.53. The Labute approximate surface area is 80.5 Å². The van der Waals surface area contributed by atoms with Gasteiger partial charge >= 0.3 is 0 Å². The van der Waals surface area contributed by atoms with Crippen molar-refractivity contribution in [2.45, 2.75) is 24.9 Å². The molecule has 0 saturated carbocycles. The van der Waals surface area contributed by atoms with E-state index in [0.29, 0.717) is 4.80 Å². The quantitative estimate of drug-likeness (QED) is 0.599. The summed E-state index contributed by atoms with van der Waals surface area (Å²) in [6.07, 6.45) is 2.43. The molecule has 0 saturated heterocycles. The molecule has 1 rings (SSSR count). The maximum Gasteiger partial charge on any atom is 0.201 e. The van der Waals surface area contributed by atoms with Gasteiger partial charge in [-0.1, -0.05) is 25.1 Å². The molecular weight excluding hydrogens is 190 g/mol. The molecule has 0 aliphatic carbocycles. The van der Waals surface area contributed by atoms with Crippen molar-refractivity contribution in [3.05, 3.63) is 4.80 Å². The lowest BCUT2D eigenvalue weighted by molar-refractivity contribution is 0.742. The van der Waals surface area contributed by atoms with E-state index in [0.717, 1.165) is 10.9 Å². The summed E-state index contributed by atoms with van der Waals surface area (Å²) < 4.78 is 5.99.